The van der Waals surface area contributed by atoms with Crippen molar-refractivity contribution in [2.75, 3.05) is 17.2 Å². The van der Waals surface area contributed by atoms with E-state index in [9.17, 15) is 4.79 Å². The van der Waals surface area contributed by atoms with Crippen molar-refractivity contribution < 1.29 is 4.79 Å². The molecule has 0 radical (unpaired) electrons. The van der Waals surface area contributed by atoms with Crippen LogP contribution in [0, 0.1) is 17.2 Å². The Balaban J connectivity index is 2.30. The van der Waals surface area contributed by atoms with Gasteiger partial charge in [0.2, 0.25) is 5.91 Å². The van der Waals surface area contributed by atoms with Gasteiger partial charge in [-0.05, 0) is 19.1 Å². The van der Waals surface area contributed by atoms with Crippen LogP contribution in [0.2, 0.25) is 0 Å². The Bertz CT molecular complexity index is 453. The molecule has 1 aromatic rings. The molecular weight excluding hydrogens is 220 g/mol. The molecule has 0 saturated carbocycles. The predicted molar refractivity (Wildman–Crippen MR) is 64.3 cm³/mol. The third-order valence-corrected chi connectivity index (χ3v) is 3.53. The first kappa shape index (κ1) is 11.0. The van der Waals surface area contributed by atoms with Crippen LogP contribution in [-0.2, 0) is 4.79 Å². The molecule has 1 aliphatic heterocycles. The quantitative estimate of drug-likeness (QED) is 0.785. The zero-order valence-electron chi connectivity index (χ0n) is 9.01. The Labute approximate surface area is 99.1 Å². The second-order valence-corrected chi connectivity index (χ2v) is 4.81. The van der Waals surface area contributed by atoms with Gasteiger partial charge in [-0.2, -0.15) is 5.26 Å². The number of amides is 1. The van der Waals surface area contributed by atoms with Crippen molar-refractivity contribution in [1.29, 1.82) is 5.26 Å². The summed E-state index contributed by atoms with van der Waals surface area (Å²) in [6.07, 6.45) is 0. The van der Waals surface area contributed by atoms with Crippen LogP contribution in [0.25, 0.3) is 0 Å². The minimum absolute atomic E-state index is 0.0887. The van der Waals surface area contributed by atoms with Gasteiger partial charge in [-0.1, -0.05) is 12.1 Å². The maximum atomic E-state index is 11.8. The third kappa shape index (κ3) is 2.05. The maximum absolute atomic E-state index is 11.8. The van der Waals surface area contributed by atoms with Crippen LogP contribution in [0.4, 0.5) is 5.69 Å². The highest BCUT2D eigenvalue weighted by atomic mass is 32.2. The van der Waals surface area contributed by atoms with Crippen LogP contribution < -0.4 is 4.90 Å². The molecule has 2 rings (SSSR count). The molecule has 1 amide bonds. The van der Waals surface area contributed by atoms with E-state index < -0.39 is 0 Å². The van der Waals surface area contributed by atoms with Gasteiger partial charge in [0.05, 0.1) is 23.4 Å². The van der Waals surface area contributed by atoms with Crippen molar-refractivity contribution in [3.63, 3.8) is 0 Å². The third-order valence-electron chi connectivity index (χ3n) is 2.49. The molecule has 0 N–H and O–H groups in total. The molecule has 1 heterocycles. The fourth-order valence-corrected chi connectivity index (χ4v) is 2.60. The van der Waals surface area contributed by atoms with E-state index in [0.29, 0.717) is 12.3 Å². The molecule has 0 aliphatic carbocycles. The van der Waals surface area contributed by atoms with Crippen molar-refractivity contribution in [2.24, 2.45) is 5.92 Å². The molecule has 0 bridgehead atoms. The smallest absolute Gasteiger partial charge is 0.237 e. The topological polar surface area (TPSA) is 44.1 Å². The lowest BCUT2D eigenvalue weighted by atomic mass is 10.1. The summed E-state index contributed by atoms with van der Waals surface area (Å²) in [5.74, 6) is 0.417. The number of thioether (sulfide) groups is 1. The first-order valence-corrected chi connectivity index (χ1v) is 6.12. The highest BCUT2D eigenvalue weighted by Crippen LogP contribution is 2.35. The minimum Gasteiger partial charge on any atom is -0.309 e. The minimum atomic E-state index is -0.139. The maximum Gasteiger partial charge on any atom is 0.237 e. The van der Waals surface area contributed by atoms with Gasteiger partial charge >= 0.3 is 0 Å². The van der Waals surface area contributed by atoms with Gasteiger partial charge in [-0.3, -0.25) is 4.79 Å². The van der Waals surface area contributed by atoms with E-state index in [0.717, 1.165) is 10.6 Å². The number of carbonyl (C=O) groups excluding carboxylic acids is 1. The van der Waals surface area contributed by atoms with Gasteiger partial charge in [0.1, 0.15) is 0 Å². The lowest BCUT2D eigenvalue weighted by molar-refractivity contribution is -0.116. The molecule has 0 spiro atoms. The van der Waals surface area contributed by atoms with Gasteiger partial charge in [-0.15, -0.1) is 11.8 Å². The summed E-state index contributed by atoms with van der Waals surface area (Å²) in [6.45, 7) is 2.31. The van der Waals surface area contributed by atoms with Crippen molar-refractivity contribution in [2.45, 2.75) is 11.8 Å². The number of anilines is 1. The number of hydrogen-bond acceptors (Lipinski definition) is 3. The molecule has 0 saturated heterocycles. The van der Waals surface area contributed by atoms with Gasteiger partial charge in [0.15, 0.2) is 0 Å². The summed E-state index contributed by atoms with van der Waals surface area (Å²) in [7, 11) is 0. The molecular formula is C12H12N2OS. The number of benzene rings is 1. The Morgan fingerprint density at radius 1 is 1.56 bits per heavy atom. The standard InChI is InChI=1S/C12H12N2OS/c1-9(6-13)7-14-10-4-2-3-5-11(10)16-8-12(14)15/h2-5,9H,7-8H2,1H3. The highest BCUT2D eigenvalue weighted by Gasteiger charge is 2.25. The number of nitrogens with zero attached hydrogens (tertiary/aromatic N) is 2. The highest BCUT2D eigenvalue weighted by molar-refractivity contribution is 8.00. The zero-order chi connectivity index (χ0) is 11.5. The predicted octanol–water partition coefficient (Wildman–Crippen LogP) is 2.28. The molecule has 3 nitrogen and oxygen atoms in total. The number of para-hydroxylation sites is 1. The van der Waals surface area contributed by atoms with Crippen molar-refractivity contribution in [3.8, 4) is 6.07 Å². The molecule has 1 unspecified atom stereocenters. The molecule has 0 aromatic heterocycles. The molecule has 1 atom stereocenters. The van der Waals surface area contributed by atoms with Crippen LogP contribution >= 0.6 is 11.8 Å². The summed E-state index contributed by atoms with van der Waals surface area (Å²) in [4.78, 5) is 14.6. The largest absolute Gasteiger partial charge is 0.309 e. The van der Waals surface area contributed by atoms with Crippen molar-refractivity contribution in [3.05, 3.63) is 24.3 Å². The summed E-state index contributed by atoms with van der Waals surface area (Å²) < 4.78 is 0. The Kier molecular flexibility index (Phi) is 3.16. The average molecular weight is 232 g/mol. The molecule has 4 heteroatoms. The van der Waals surface area contributed by atoms with E-state index in [1.807, 2.05) is 31.2 Å². The van der Waals surface area contributed by atoms with Gasteiger partial charge in [0, 0.05) is 11.4 Å². The average Bonchev–Trinajstić information content (AvgIpc) is 2.32. The number of rotatable bonds is 2. The van der Waals surface area contributed by atoms with Crippen molar-refractivity contribution >= 4 is 23.4 Å². The second kappa shape index (κ2) is 4.58. The van der Waals surface area contributed by atoms with Gasteiger partial charge in [-0.25, -0.2) is 0 Å². The Morgan fingerprint density at radius 3 is 3.06 bits per heavy atom. The first-order chi connectivity index (χ1) is 7.72. The van der Waals surface area contributed by atoms with E-state index in [2.05, 4.69) is 6.07 Å². The summed E-state index contributed by atoms with van der Waals surface area (Å²) in [6, 6.07) is 9.99. The van der Waals surface area contributed by atoms with Crippen LogP contribution in [0.1, 0.15) is 6.92 Å². The van der Waals surface area contributed by atoms with E-state index >= 15 is 0 Å². The van der Waals surface area contributed by atoms with E-state index in [1.54, 1.807) is 16.7 Å². The summed E-state index contributed by atoms with van der Waals surface area (Å²) in [5, 5.41) is 8.81. The molecule has 82 valence electrons. The van der Waals surface area contributed by atoms with Crippen LogP contribution in [-0.4, -0.2) is 18.2 Å². The van der Waals surface area contributed by atoms with Crippen LogP contribution in [0.3, 0.4) is 0 Å². The second-order valence-electron chi connectivity index (χ2n) is 3.79. The number of fused-ring (bicyclic) bond motifs is 1. The van der Waals surface area contributed by atoms with E-state index in [1.165, 1.54) is 0 Å². The molecule has 1 aliphatic rings. The van der Waals surface area contributed by atoms with Crippen LogP contribution in [0.5, 0.6) is 0 Å². The van der Waals surface area contributed by atoms with E-state index in [4.69, 9.17) is 5.26 Å². The fourth-order valence-electron chi connectivity index (χ4n) is 1.67. The molecule has 0 fully saturated rings. The zero-order valence-corrected chi connectivity index (χ0v) is 9.83. The van der Waals surface area contributed by atoms with Crippen LogP contribution in [0.15, 0.2) is 29.2 Å². The number of carbonyl (C=O) groups is 1. The lowest BCUT2D eigenvalue weighted by Crippen LogP contribution is -2.38. The summed E-state index contributed by atoms with van der Waals surface area (Å²) in [5.41, 5.74) is 0.936. The van der Waals surface area contributed by atoms with Gasteiger partial charge < -0.3 is 4.90 Å². The summed E-state index contributed by atoms with van der Waals surface area (Å²) >= 11 is 1.56. The molecule has 1 aromatic carbocycles. The Morgan fingerprint density at radius 2 is 2.31 bits per heavy atom. The first-order valence-electron chi connectivity index (χ1n) is 5.14. The Hall–Kier alpha value is -1.47. The molecule has 16 heavy (non-hydrogen) atoms. The normalized spacial score (nSPS) is 16.5. The monoisotopic (exact) mass is 232 g/mol. The van der Waals surface area contributed by atoms with E-state index in [-0.39, 0.29) is 11.8 Å². The van der Waals surface area contributed by atoms with Gasteiger partial charge in [0.25, 0.3) is 0 Å². The SMILES string of the molecule is CC(C#N)CN1C(=O)CSc2ccccc21. The van der Waals surface area contributed by atoms with Crippen molar-refractivity contribution in [1.82, 2.24) is 0 Å². The lowest BCUT2D eigenvalue weighted by Gasteiger charge is -2.29. The number of hydrogen-bond donors (Lipinski definition) is 0. The fraction of sp³-hybridized carbons (Fsp3) is 0.333. The number of nitriles is 1.